The minimum absolute atomic E-state index is 0.0386. The molecule has 1 unspecified atom stereocenters. The molecule has 2 aromatic heterocycles. The molecule has 4 aromatic rings. The number of hydrogen-bond donors (Lipinski definition) is 3. The zero-order valence-electron chi connectivity index (χ0n) is 23.3. The number of nitrogen functional groups attached to an aromatic ring is 1. The number of carbonyl (C=O) groups is 3. The van der Waals surface area contributed by atoms with E-state index in [4.69, 9.17) is 15.6 Å². The normalized spacial score (nSPS) is 13.5. The minimum atomic E-state index is -0.884. The Morgan fingerprint density at radius 3 is 2.21 bits per heavy atom. The van der Waals surface area contributed by atoms with Crippen LogP contribution in [0.3, 0.4) is 0 Å². The summed E-state index contributed by atoms with van der Waals surface area (Å²) < 4.78 is 4.69. The van der Waals surface area contributed by atoms with Gasteiger partial charge in [0.15, 0.2) is 10.3 Å². The van der Waals surface area contributed by atoms with Crippen LogP contribution in [0.1, 0.15) is 55.0 Å². The van der Waals surface area contributed by atoms with Crippen LogP contribution in [0.2, 0.25) is 0 Å². The fourth-order valence-corrected chi connectivity index (χ4v) is 6.21. The van der Waals surface area contributed by atoms with Gasteiger partial charge in [0.2, 0.25) is 5.91 Å². The van der Waals surface area contributed by atoms with E-state index in [-0.39, 0.29) is 30.6 Å². The highest BCUT2D eigenvalue weighted by Crippen LogP contribution is 2.35. The molecule has 0 radical (unpaired) electrons. The van der Waals surface area contributed by atoms with Crippen LogP contribution in [-0.4, -0.2) is 40.0 Å². The average molecular weight is 607 g/mol. The summed E-state index contributed by atoms with van der Waals surface area (Å²) in [6.07, 6.45) is 5.77. The molecule has 42 heavy (non-hydrogen) atoms. The zero-order valence-corrected chi connectivity index (χ0v) is 25.0. The van der Waals surface area contributed by atoms with Gasteiger partial charge in [0.05, 0.1) is 37.3 Å². The number of nitrogens with two attached hydrogens (primary N) is 1. The molecule has 0 bridgehead atoms. The van der Waals surface area contributed by atoms with E-state index in [9.17, 15) is 14.4 Å². The fourth-order valence-electron chi connectivity index (χ4n) is 4.93. The summed E-state index contributed by atoms with van der Waals surface area (Å²) >= 11 is 2.58. The monoisotopic (exact) mass is 606 g/mol. The number of rotatable bonds is 10. The minimum Gasteiger partial charge on any atom is -0.481 e. The molecule has 0 spiro atoms. The molecule has 2 heterocycles. The maximum Gasteiger partial charge on any atom is 0.311 e. The van der Waals surface area contributed by atoms with E-state index >= 15 is 0 Å². The van der Waals surface area contributed by atoms with Crippen LogP contribution in [-0.2, 0) is 32.0 Å². The van der Waals surface area contributed by atoms with E-state index in [1.165, 1.54) is 55.5 Å². The number of hydrogen-bond acceptors (Lipinski definition) is 9. The first-order chi connectivity index (χ1) is 20.3. The average Bonchev–Trinajstić information content (AvgIpc) is 3.76. The van der Waals surface area contributed by atoms with E-state index in [2.05, 4.69) is 51.7 Å². The highest BCUT2D eigenvalue weighted by Gasteiger charge is 2.27. The third-order valence-corrected chi connectivity index (χ3v) is 8.55. The Labute approximate surface area is 252 Å². The molecule has 1 amide bonds. The van der Waals surface area contributed by atoms with Crippen LogP contribution in [0.4, 0.5) is 10.3 Å². The van der Waals surface area contributed by atoms with E-state index in [1.807, 2.05) is 18.2 Å². The molecule has 1 saturated carbocycles. The first-order valence-electron chi connectivity index (χ1n) is 13.7. The van der Waals surface area contributed by atoms with Gasteiger partial charge in [-0.25, -0.2) is 9.97 Å². The summed E-state index contributed by atoms with van der Waals surface area (Å²) in [5.41, 5.74) is 9.73. The molecule has 4 N–H and O–H groups in total. The summed E-state index contributed by atoms with van der Waals surface area (Å²) in [5.74, 6) is -0.916. The van der Waals surface area contributed by atoms with Gasteiger partial charge in [0, 0.05) is 10.8 Å². The Morgan fingerprint density at radius 1 is 0.952 bits per heavy atom. The van der Waals surface area contributed by atoms with Crippen molar-refractivity contribution in [3.05, 3.63) is 82.3 Å². The van der Waals surface area contributed by atoms with E-state index in [0.717, 1.165) is 23.1 Å². The van der Waals surface area contributed by atoms with Crippen molar-refractivity contribution in [2.75, 3.05) is 18.2 Å². The van der Waals surface area contributed by atoms with Crippen molar-refractivity contribution in [2.24, 2.45) is 5.92 Å². The first kappa shape index (κ1) is 30.9. The maximum absolute atomic E-state index is 13.3. The molecule has 5 rings (SSSR count). The Hall–Kier alpha value is -4.09. The number of ether oxygens (including phenoxy) is 1. The van der Waals surface area contributed by atoms with Crippen molar-refractivity contribution >= 4 is 50.8 Å². The summed E-state index contributed by atoms with van der Waals surface area (Å²) in [6, 6.07) is 18.6. The van der Waals surface area contributed by atoms with Gasteiger partial charge in [-0.3, -0.25) is 14.4 Å². The van der Waals surface area contributed by atoms with Gasteiger partial charge < -0.3 is 20.9 Å². The largest absolute Gasteiger partial charge is 0.481 e. The summed E-state index contributed by atoms with van der Waals surface area (Å²) in [4.78, 5) is 43.0. The second kappa shape index (κ2) is 15.2. The second-order valence-electron chi connectivity index (χ2n) is 10.1. The van der Waals surface area contributed by atoms with Gasteiger partial charge in [0.25, 0.3) is 0 Å². The van der Waals surface area contributed by atoms with Crippen molar-refractivity contribution in [1.82, 2.24) is 9.97 Å². The molecule has 1 atom stereocenters. The molecule has 1 aliphatic rings. The van der Waals surface area contributed by atoms with Crippen molar-refractivity contribution < 1.29 is 24.2 Å². The standard InChI is InChI=1S/C26H28N2O3S.C5H6N2O2S/c1-31-24(29)16-22-17-32-26(27-22)28-25(30)23(15-18-7-5-6-8-18)21-13-11-20(12-14-21)19-9-3-2-4-10-19;6-5-7-3(2-10-5)1-4(8)9/h2-4,9-14,17-18,23H,5-8,15-16H2,1H3,(H,27,28,30);2H,1H2,(H2,6,7)(H,8,9). The first-order valence-corrected chi connectivity index (χ1v) is 15.5. The van der Waals surface area contributed by atoms with Gasteiger partial charge in [-0.2, -0.15) is 0 Å². The van der Waals surface area contributed by atoms with Crippen molar-refractivity contribution in [3.63, 3.8) is 0 Å². The topological polar surface area (TPSA) is 144 Å². The summed E-state index contributed by atoms with van der Waals surface area (Å²) in [5, 5.41) is 15.6. The highest BCUT2D eigenvalue weighted by molar-refractivity contribution is 7.14. The van der Waals surface area contributed by atoms with Crippen LogP contribution in [0.5, 0.6) is 0 Å². The SMILES string of the molecule is COC(=O)Cc1csc(NC(=O)C(CC2CCCC2)c2ccc(-c3ccccc3)cc2)n1.Nc1nc(CC(=O)O)cs1. The Morgan fingerprint density at radius 2 is 1.60 bits per heavy atom. The van der Waals surface area contributed by atoms with Gasteiger partial charge in [-0.1, -0.05) is 80.3 Å². The van der Waals surface area contributed by atoms with Crippen LogP contribution in [0.15, 0.2) is 65.4 Å². The lowest BCUT2D eigenvalue weighted by molar-refractivity contribution is -0.140. The number of esters is 1. The zero-order chi connectivity index (χ0) is 29.9. The number of aromatic nitrogens is 2. The third kappa shape index (κ3) is 9.22. The van der Waals surface area contributed by atoms with Crippen LogP contribution < -0.4 is 11.1 Å². The smallest absolute Gasteiger partial charge is 0.311 e. The summed E-state index contributed by atoms with van der Waals surface area (Å²) in [6.45, 7) is 0. The van der Waals surface area contributed by atoms with E-state index < -0.39 is 5.97 Å². The molecule has 2 aromatic carbocycles. The molecule has 1 fully saturated rings. The second-order valence-corrected chi connectivity index (χ2v) is 11.8. The predicted octanol–water partition coefficient (Wildman–Crippen LogP) is 6.18. The van der Waals surface area contributed by atoms with E-state index in [0.29, 0.717) is 27.6 Å². The number of carbonyl (C=O) groups excluding carboxylic acids is 2. The lowest BCUT2D eigenvalue weighted by Crippen LogP contribution is -2.23. The molecule has 11 heteroatoms. The number of methoxy groups -OCH3 is 1. The molecule has 220 valence electrons. The predicted molar refractivity (Wildman–Crippen MR) is 166 cm³/mol. The number of benzene rings is 2. The summed E-state index contributed by atoms with van der Waals surface area (Å²) in [7, 11) is 1.36. The maximum atomic E-state index is 13.3. The lowest BCUT2D eigenvalue weighted by Gasteiger charge is -2.20. The van der Waals surface area contributed by atoms with Gasteiger partial charge >= 0.3 is 11.9 Å². The van der Waals surface area contributed by atoms with E-state index in [1.54, 1.807) is 10.8 Å². The molecule has 1 aliphatic carbocycles. The molecule has 0 saturated heterocycles. The van der Waals surface area contributed by atoms with Gasteiger partial charge in [0.1, 0.15) is 0 Å². The number of nitrogens with zero attached hydrogens (tertiary/aromatic N) is 2. The molecule has 9 nitrogen and oxygen atoms in total. The molecular weight excluding hydrogens is 572 g/mol. The number of amides is 1. The van der Waals surface area contributed by atoms with Crippen molar-refractivity contribution in [1.29, 1.82) is 0 Å². The lowest BCUT2D eigenvalue weighted by atomic mass is 9.86. The van der Waals surface area contributed by atoms with Crippen LogP contribution >= 0.6 is 22.7 Å². The Balaban J connectivity index is 0.000000343. The number of carboxylic acids is 1. The Kier molecular flexibility index (Phi) is 11.2. The van der Waals surface area contributed by atoms with Gasteiger partial charge in [-0.05, 0) is 29.0 Å². The number of nitrogens with one attached hydrogen (secondary N) is 1. The van der Waals surface area contributed by atoms with Crippen LogP contribution in [0, 0.1) is 5.92 Å². The Bertz CT molecular complexity index is 1460. The van der Waals surface area contributed by atoms with Crippen molar-refractivity contribution in [3.8, 4) is 11.1 Å². The number of thiazole rings is 2. The van der Waals surface area contributed by atoms with Crippen molar-refractivity contribution in [2.45, 2.75) is 50.9 Å². The number of aliphatic carboxylic acids is 1. The number of anilines is 2. The number of carboxylic acid groups (broad SMARTS) is 1. The fraction of sp³-hybridized carbons (Fsp3) is 0.323. The highest BCUT2D eigenvalue weighted by atomic mass is 32.1. The van der Waals surface area contributed by atoms with Crippen LogP contribution in [0.25, 0.3) is 11.1 Å². The molecule has 0 aliphatic heterocycles. The van der Waals surface area contributed by atoms with Gasteiger partial charge in [-0.15, -0.1) is 22.7 Å². The third-order valence-electron chi connectivity index (χ3n) is 7.02. The quantitative estimate of drug-likeness (QED) is 0.182. The molecular formula is C31H34N4O5S2.